The number of carbonyl (C=O) groups is 1. The molecule has 0 saturated carbocycles. The molecule has 10 nitrogen and oxygen atoms in total. The Morgan fingerprint density at radius 1 is 1.40 bits per heavy atom. The van der Waals surface area contributed by atoms with Crippen LogP contribution in [0.1, 0.15) is 30.1 Å². The third kappa shape index (κ3) is 4.58. The molecule has 0 radical (unpaired) electrons. The lowest BCUT2D eigenvalue weighted by atomic mass is 10.1. The van der Waals surface area contributed by atoms with Gasteiger partial charge in [-0.25, -0.2) is 4.98 Å². The molecule has 1 aromatic heterocycles. The second-order valence-electron chi connectivity index (χ2n) is 7.31. The van der Waals surface area contributed by atoms with Gasteiger partial charge in [-0.15, -0.1) is 0 Å². The van der Waals surface area contributed by atoms with Crippen molar-refractivity contribution < 1.29 is 14.1 Å². The summed E-state index contributed by atoms with van der Waals surface area (Å²) in [5.41, 5.74) is 1.08. The largest absolute Gasteiger partial charge is 0.424 e. The third-order valence-corrected chi connectivity index (χ3v) is 5.35. The zero-order valence-corrected chi connectivity index (χ0v) is 17.2. The molecule has 1 atom stereocenters. The molecule has 30 heavy (non-hydrogen) atoms. The molecular weight excluding hydrogens is 388 g/mol. The number of non-ortho nitro benzene ring substituents is 1. The number of nitriles is 1. The number of aryl methyl sites for hydroxylation is 1. The number of aromatic nitrogens is 1. The predicted octanol–water partition coefficient (Wildman–Crippen LogP) is 2.10. The molecule has 10 heteroatoms. The van der Waals surface area contributed by atoms with Gasteiger partial charge in [0.25, 0.3) is 5.69 Å². The fraction of sp³-hybridized carbons (Fsp3) is 0.450. The van der Waals surface area contributed by atoms with E-state index in [4.69, 9.17) is 4.42 Å². The Kier molecular flexibility index (Phi) is 6.32. The van der Waals surface area contributed by atoms with Crippen molar-refractivity contribution in [3.63, 3.8) is 0 Å². The second kappa shape index (κ2) is 8.92. The first kappa shape index (κ1) is 21.3. The van der Waals surface area contributed by atoms with E-state index in [9.17, 15) is 20.2 Å². The Morgan fingerprint density at radius 2 is 2.10 bits per heavy atom. The van der Waals surface area contributed by atoms with E-state index in [-0.39, 0.29) is 29.9 Å². The number of carbonyl (C=O) groups excluding carboxylic acids is 1. The van der Waals surface area contributed by atoms with Crippen molar-refractivity contribution in [3.05, 3.63) is 51.5 Å². The van der Waals surface area contributed by atoms with Crippen LogP contribution in [0, 0.1) is 28.4 Å². The van der Waals surface area contributed by atoms with Gasteiger partial charge < -0.3 is 14.2 Å². The maximum absolute atomic E-state index is 12.8. The van der Waals surface area contributed by atoms with Crippen LogP contribution in [0.2, 0.25) is 0 Å². The molecule has 1 amide bonds. The zero-order chi connectivity index (χ0) is 21.8. The van der Waals surface area contributed by atoms with Crippen molar-refractivity contribution in [1.29, 1.82) is 5.26 Å². The Bertz CT molecular complexity index is 974. The van der Waals surface area contributed by atoms with Crippen LogP contribution in [0.25, 0.3) is 0 Å². The molecule has 0 N–H and O–H groups in total. The van der Waals surface area contributed by atoms with Gasteiger partial charge in [-0.3, -0.25) is 19.8 Å². The second-order valence-corrected chi connectivity index (χ2v) is 7.31. The van der Waals surface area contributed by atoms with Gasteiger partial charge in [0.2, 0.25) is 17.5 Å². The number of nitro groups is 1. The lowest BCUT2D eigenvalue weighted by molar-refractivity contribution is -0.384. The first-order valence-corrected chi connectivity index (χ1v) is 9.65. The molecule has 1 aliphatic heterocycles. The van der Waals surface area contributed by atoms with Crippen LogP contribution < -0.4 is 4.90 Å². The molecule has 1 unspecified atom stereocenters. The summed E-state index contributed by atoms with van der Waals surface area (Å²) >= 11 is 0. The number of hydrogen-bond donors (Lipinski definition) is 0. The highest BCUT2D eigenvalue weighted by Crippen LogP contribution is 2.24. The van der Waals surface area contributed by atoms with Gasteiger partial charge in [0.1, 0.15) is 6.07 Å². The van der Waals surface area contributed by atoms with E-state index in [2.05, 4.69) is 4.98 Å². The Labute approximate surface area is 174 Å². The molecule has 0 aliphatic carbocycles. The highest BCUT2D eigenvalue weighted by molar-refractivity contribution is 5.78. The lowest BCUT2D eigenvalue weighted by Crippen LogP contribution is -2.51. The molecule has 3 rings (SSSR count). The maximum atomic E-state index is 12.8. The van der Waals surface area contributed by atoms with E-state index < -0.39 is 4.92 Å². The minimum atomic E-state index is -0.422. The lowest BCUT2D eigenvalue weighted by Gasteiger charge is -2.36. The quantitative estimate of drug-likeness (QED) is 0.523. The fourth-order valence-electron chi connectivity index (χ4n) is 3.47. The smallest absolute Gasteiger partial charge is 0.269 e. The number of nitro benzene ring substituents is 1. The highest BCUT2D eigenvalue weighted by atomic mass is 16.6. The predicted molar refractivity (Wildman–Crippen MR) is 109 cm³/mol. The van der Waals surface area contributed by atoms with Gasteiger partial charge in [0, 0.05) is 51.3 Å². The molecule has 1 fully saturated rings. The minimum Gasteiger partial charge on any atom is -0.424 e. The van der Waals surface area contributed by atoms with Crippen molar-refractivity contribution in [3.8, 4) is 6.07 Å². The summed E-state index contributed by atoms with van der Waals surface area (Å²) < 4.78 is 5.54. The van der Waals surface area contributed by atoms with Crippen molar-refractivity contribution in [2.75, 3.05) is 44.7 Å². The first-order chi connectivity index (χ1) is 14.3. The molecule has 2 heterocycles. The summed E-state index contributed by atoms with van der Waals surface area (Å²) in [6, 6.07) is 8.36. The van der Waals surface area contributed by atoms with E-state index in [0.29, 0.717) is 38.0 Å². The molecule has 1 aromatic carbocycles. The highest BCUT2D eigenvalue weighted by Gasteiger charge is 2.27. The molecule has 2 aromatic rings. The Balaban J connectivity index is 1.57. The summed E-state index contributed by atoms with van der Waals surface area (Å²) in [4.78, 5) is 33.0. The van der Waals surface area contributed by atoms with E-state index in [1.165, 1.54) is 12.1 Å². The summed E-state index contributed by atoms with van der Waals surface area (Å²) in [6.45, 7) is 5.96. The first-order valence-electron chi connectivity index (χ1n) is 9.65. The normalized spacial score (nSPS) is 15.2. The van der Waals surface area contributed by atoms with Crippen LogP contribution in [0.3, 0.4) is 0 Å². The zero-order valence-electron chi connectivity index (χ0n) is 17.2. The van der Waals surface area contributed by atoms with Crippen molar-refractivity contribution in [2.45, 2.75) is 19.9 Å². The van der Waals surface area contributed by atoms with Crippen molar-refractivity contribution >= 4 is 17.5 Å². The summed E-state index contributed by atoms with van der Waals surface area (Å²) in [5, 5.41) is 20.2. The van der Waals surface area contributed by atoms with Gasteiger partial charge in [-0.05, 0) is 19.5 Å². The van der Waals surface area contributed by atoms with E-state index in [1.54, 1.807) is 17.9 Å². The number of rotatable bonds is 6. The fourth-order valence-corrected chi connectivity index (χ4v) is 3.47. The van der Waals surface area contributed by atoms with E-state index in [0.717, 1.165) is 5.56 Å². The van der Waals surface area contributed by atoms with Crippen LogP contribution >= 0.6 is 0 Å². The van der Waals surface area contributed by atoms with Crippen LogP contribution in [0.15, 0.2) is 28.7 Å². The Morgan fingerprint density at radius 3 is 2.73 bits per heavy atom. The standard InChI is InChI=1S/C20H24N6O4/c1-14(16-5-4-6-17(11-16)26(28)29)23(3)13-19(27)24-7-9-25(10-8-24)20-18(12-21)22-15(2)30-20/h4-6,11,14H,7-10,13H2,1-3H3. The third-order valence-electron chi connectivity index (χ3n) is 5.35. The van der Waals surface area contributed by atoms with Gasteiger partial charge in [0.05, 0.1) is 11.5 Å². The molecule has 0 spiro atoms. The number of likely N-dealkylation sites (N-methyl/N-ethyl adjacent to an activating group) is 1. The van der Waals surface area contributed by atoms with Gasteiger partial charge in [0.15, 0.2) is 5.89 Å². The average molecular weight is 412 g/mol. The monoisotopic (exact) mass is 412 g/mol. The molecular formula is C20H24N6O4. The number of oxazole rings is 1. The number of piperazine rings is 1. The van der Waals surface area contributed by atoms with Gasteiger partial charge in [-0.1, -0.05) is 12.1 Å². The van der Waals surface area contributed by atoms with Gasteiger partial charge >= 0.3 is 0 Å². The number of anilines is 1. The SMILES string of the molecule is Cc1nc(C#N)c(N2CCN(C(=O)CN(C)C(C)c3cccc([N+](=O)[O-])c3)CC2)o1. The number of hydrogen-bond acceptors (Lipinski definition) is 8. The number of benzene rings is 1. The topological polar surface area (TPSA) is 120 Å². The van der Waals surface area contributed by atoms with Crippen LogP contribution in [0.4, 0.5) is 11.6 Å². The molecule has 0 bridgehead atoms. The van der Waals surface area contributed by atoms with Crippen LogP contribution in [0.5, 0.6) is 0 Å². The molecule has 158 valence electrons. The van der Waals surface area contributed by atoms with Gasteiger partial charge in [-0.2, -0.15) is 5.26 Å². The van der Waals surface area contributed by atoms with Crippen LogP contribution in [-0.4, -0.2) is 65.4 Å². The summed E-state index contributed by atoms with van der Waals surface area (Å²) in [7, 11) is 1.83. The Hall–Kier alpha value is -3.45. The van der Waals surface area contributed by atoms with Crippen molar-refractivity contribution in [2.24, 2.45) is 0 Å². The summed E-state index contributed by atoms with van der Waals surface area (Å²) in [6.07, 6.45) is 0. The number of amides is 1. The van der Waals surface area contributed by atoms with Crippen LogP contribution in [-0.2, 0) is 4.79 Å². The average Bonchev–Trinajstić information content (AvgIpc) is 3.14. The van der Waals surface area contributed by atoms with Crippen molar-refractivity contribution in [1.82, 2.24) is 14.8 Å². The van der Waals surface area contributed by atoms with E-state index in [1.807, 2.05) is 35.9 Å². The molecule has 1 saturated heterocycles. The van der Waals surface area contributed by atoms with E-state index >= 15 is 0 Å². The molecule has 1 aliphatic rings. The maximum Gasteiger partial charge on any atom is 0.269 e. The summed E-state index contributed by atoms with van der Waals surface area (Å²) in [5.74, 6) is 0.888. The number of nitrogens with zero attached hydrogens (tertiary/aromatic N) is 6. The minimum absolute atomic E-state index is 0.0105.